The van der Waals surface area contributed by atoms with Crippen molar-refractivity contribution in [3.63, 3.8) is 0 Å². The molecular weight excluding hydrogens is 218 g/mol. The lowest BCUT2D eigenvalue weighted by atomic mass is 10.3. The molecule has 0 aromatic carbocycles. The quantitative estimate of drug-likeness (QED) is 0.839. The van der Waals surface area contributed by atoms with Gasteiger partial charge in [-0.3, -0.25) is 14.2 Å². The van der Waals surface area contributed by atoms with Gasteiger partial charge >= 0.3 is 0 Å². The van der Waals surface area contributed by atoms with Crippen molar-refractivity contribution in [3.8, 4) is 0 Å². The Morgan fingerprint density at radius 2 is 2.18 bits per heavy atom. The van der Waals surface area contributed by atoms with Crippen LogP contribution in [-0.2, 0) is 20.1 Å². The van der Waals surface area contributed by atoms with E-state index in [4.69, 9.17) is 0 Å². The Bertz CT molecular complexity index is 513. The molecule has 2 heterocycles. The zero-order valence-electron chi connectivity index (χ0n) is 9.92. The molecule has 0 saturated heterocycles. The molecule has 0 aliphatic rings. The topological polar surface area (TPSA) is 64.7 Å². The van der Waals surface area contributed by atoms with E-state index in [0.29, 0.717) is 12.1 Å². The van der Waals surface area contributed by atoms with E-state index < -0.39 is 0 Å². The Morgan fingerprint density at radius 1 is 1.35 bits per heavy atom. The van der Waals surface area contributed by atoms with Gasteiger partial charge in [0, 0.05) is 38.1 Å². The minimum Gasteiger partial charge on any atom is -0.348 e. The second kappa shape index (κ2) is 4.82. The summed E-state index contributed by atoms with van der Waals surface area (Å²) in [4.78, 5) is 11.8. The van der Waals surface area contributed by atoms with Crippen LogP contribution in [0.15, 0.2) is 24.8 Å². The third-order valence-corrected chi connectivity index (χ3v) is 2.43. The Balaban J connectivity index is 1.93. The summed E-state index contributed by atoms with van der Waals surface area (Å²) < 4.78 is 3.43. The number of aryl methyl sites for hydroxylation is 2. The van der Waals surface area contributed by atoms with E-state index in [2.05, 4.69) is 15.5 Å². The van der Waals surface area contributed by atoms with Gasteiger partial charge in [-0.15, -0.1) is 0 Å². The monoisotopic (exact) mass is 233 g/mol. The summed E-state index contributed by atoms with van der Waals surface area (Å²) in [5, 5.41) is 10.9. The van der Waals surface area contributed by atoms with Crippen LogP contribution in [0.25, 0.3) is 0 Å². The number of hydrogen-bond acceptors (Lipinski definition) is 3. The lowest BCUT2D eigenvalue weighted by Gasteiger charge is -2.00. The van der Waals surface area contributed by atoms with Gasteiger partial charge in [-0.25, -0.2) is 0 Å². The van der Waals surface area contributed by atoms with E-state index in [0.717, 1.165) is 12.1 Å². The van der Waals surface area contributed by atoms with E-state index in [-0.39, 0.29) is 5.91 Å². The van der Waals surface area contributed by atoms with Gasteiger partial charge in [0.25, 0.3) is 5.91 Å². The Kier molecular flexibility index (Phi) is 3.22. The van der Waals surface area contributed by atoms with Crippen molar-refractivity contribution in [3.05, 3.63) is 35.9 Å². The number of aromatic nitrogens is 4. The van der Waals surface area contributed by atoms with Crippen LogP contribution in [0.4, 0.5) is 0 Å². The fraction of sp³-hybridized carbons (Fsp3) is 0.364. The van der Waals surface area contributed by atoms with Gasteiger partial charge in [-0.2, -0.15) is 10.2 Å². The first kappa shape index (κ1) is 11.4. The van der Waals surface area contributed by atoms with Crippen LogP contribution in [0, 0.1) is 0 Å². The highest BCUT2D eigenvalue weighted by atomic mass is 16.1. The van der Waals surface area contributed by atoms with Crippen LogP contribution < -0.4 is 5.32 Å². The number of amides is 1. The molecule has 0 aliphatic heterocycles. The van der Waals surface area contributed by atoms with Gasteiger partial charge in [-0.1, -0.05) is 0 Å². The third kappa shape index (κ3) is 2.72. The molecule has 0 fully saturated rings. The molecule has 0 unspecified atom stereocenters. The first-order valence-electron chi connectivity index (χ1n) is 5.47. The summed E-state index contributed by atoms with van der Waals surface area (Å²) in [5.74, 6) is -0.117. The second-order valence-electron chi connectivity index (χ2n) is 3.79. The summed E-state index contributed by atoms with van der Waals surface area (Å²) in [7, 11) is 1.84. The molecule has 0 radical (unpaired) electrons. The van der Waals surface area contributed by atoms with Crippen molar-refractivity contribution < 1.29 is 4.79 Å². The summed E-state index contributed by atoms with van der Waals surface area (Å²) in [6, 6.07) is 0. The number of carbonyl (C=O) groups is 1. The van der Waals surface area contributed by atoms with Crippen molar-refractivity contribution in [1.82, 2.24) is 24.9 Å². The summed E-state index contributed by atoms with van der Waals surface area (Å²) in [6.07, 6.45) is 6.91. The predicted molar refractivity (Wildman–Crippen MR) is 62.3 cm³/mol. The largest absolute Gasteiger partial charge is 0.348 e. The molecule has 6 heteroatoms. The zero-order valence-corrected chi connectivity index (χ0v) is 9.92. The van der Waals surface area contributed by atoms with Crippen LogP contribution in [-0.4, -0.2) is 25.5 Å². The molecule has 1 N–H and O–H groups in total. The SMILES string of the molecule is CCn1cc(C(=O)NCc2cnn(C)c2)cn1. The van der Waals surface area contributed by atoms with Crippen LogP contribution >= 0.6 is 0 Å². The van der Waals surface area contributed by atoms with Crippen molar-refractivity contribution in [1.29, 1.82) is 0 Å². The molecule has 1 amide bonds. The molecule has 2 aromatic rings. The lowest BCUT2D eigenvalue weighted by Crippen LogP contribution is -2.22. The van der Waals surface area contributed by atoms with Crippen molar-refractivity contribution in [2.45, 2.75) is 20.0 Å². The average Bonchev–Trinajstić information content (AvgIpc) is 2.94. The zero-order chi connectivity index (χ0) is 12.3. The molecule has 0 saturated carbocycles. The minimum atomic E-state index is -0.117. The normalized spacial score (nSPS) is 10.5. The van der Waals surface area contributed by atoms with Crippen LogP contribution in [0.1, 0.15) is 22.8 Å². The Morgan fingerprint density at radius 3 is 2.76 bits per heavy atom. The summed E-state index contributed by atoms with van der Waals surface area (Å²) >= 11 is 0. The van der Waals surface area contributed by atoms with Gasteiger partial charge in [0.15, 0.2) is 0 Å². The maximum atomic E-state index is 11.8. The smallest absolute Gasteiger partial charge is 0.254 e. The van der Waals surface area contributed by atoms with E-state index in [1.807, 2.05) is 20.2 Å². The predicted octanol–water partition coefficient (Wildman–Crippen LogP) is 0.566. The Labute approximate surface area is 99.2 Å². The molecule has 0 atom stereocenters. The molecule has 0 aliphatic carbocycles. The van der Waals surface area contributed by atoms with Gasteiger partial charge < -0.3 is 5.32 Å². The highest BCUT2D eigenvalue weighted by Crippen LogP contribution is 2.00. The highest BCUT2D eigenvalue weighted by molar-refractivity contribution is 5.93. The second-order valence-corrected chi connectivity index (χ2v) is 3.79. The third-order valence-electron chi connectivity index (χ3n) is 2.43. The fourth-order valence-corrected chi connectivity index (χ4v) is 1.50. The van der Waals surface area contributed by atoms with Crippen LogP contribution in [0.5, 0.6) is 0 Å². The molecular formula is C11H15N5O. The van der Waals surface area contributed by atoms with Crippen molar-refractivity contribution >= 4 is 5.91 Å². The summed E-state index contributed by atoms with van der Waals surface area (Å²) in [5.41, 5.74) is 1.56. The standard InChI is InChI=1S/C11H15N5O/c1-3-16-8-10(6-14-16)11(17)12-4-9-5-13-15(2)7-9/h5-8H,3-4H2,1-2H3,(H,12,17). The molecule has 90 valence electrons. The first-order valence-corrected chi connectivity index (χ1v) is 5.47. The van der Waals surface area contributed by atoms with Gasteiger partial charge in [0.1, 0.15) is 0 Å². The maximum Gasteiger partial charge on any atom is 0.254 e. The molecule has 2 rings (SSSR count). The van der Waals surface area contributed by atoms with E-state index >= 15 is 0 Å². The van der Waals surface area contributed by atoms with E-state index in [9.17, 15) is 4.79 Å². The lowest BCUT2D eigenvalue weighted by molar-refractivity contribution is 0.0951. The molecule has 6 nitrogen and oxygen atoms in total. The van der Waals surface area contributed by atoms with E-state index in [1.54, 1.807) is 28.0 Å². The van der Waals surface area contributed by atoms with Crippen LogP contribution in [0.3, 0.4) is 0 Å². The number of carbonyl (C=O) groups excluding carboxylic acids is 1. The molecule has 2 aromatic heterocycles. The maximum absolute atomic E-state index is 11.8. The molecule has 17 heavy (non-hydrogen) atoms. The average molecular weight is 233 g/mol. The summed E-state index contributed by atoms with van der Waals surface area (Å²) in [6.45, 7) is 3.21. The highest BCUT2D eigenvalue weighted by Gasteiger charge is 2.08. The van der Waals surface area contributed by atoms with Gasteiger partial charge in [0.05, 0.1) is 18.0 Å². The molecule has 0 bridgehead atoms. The molecule has 0 spiro atoms. The van der Waals surface area contributed by atoms with Crippen molar-refractivity contribution in [2.75, 3.05) is 0 Å². The van der Waals surface area contributed by atoms with Crippen molar-refractivity contribution in [2.24, 2.45) is 7.05 Å². The fourth-order valence-electron chi connectivity index (χ4n) is 1.50. The number of rotatable bonds is 4. The first-order chi connectivity index (χ1) is 8.19. The van der Waals surface area contributed by atoms with Gasteiger partial charge in [-0.05, 0) is 6.92 Å². The number of hydrogen-bond donors (Lipinski definition) is 1. The minimum absolute atomic E-state index is 0.117. The number of nitrogens with one attached hydrogen (secondary N) is 1. The van der Waals surface area contributed by atoms with Crippen LogP contribution in [0.2, 0.25) is 0 Å². The number of nitrogens with zero attached hydrogens (tertiary/aromatic N) is 4. The van der Waals surface area contributed by atoms with Gasteiger partial charge in [0.2, 0.25) is 0 Å². The van der Waals surface area contributed by atoms with E-state index in [1.165, 1.54) is 0 Å². The Hall–Kier alpha value is -2.11.